The number of rotatable bonds is 4. The molecule has 1 fully saturated rings. The van der Waals surface area contributed by atoms with E-state index in [-0.39, 0.29) is 11.9 Å². The Morgan fingerprint density at radius 3 is 2.89 bits per heavy atom. The summed E-state index contributed by atoms with van der Waals surface area (Å²) in [6.45, 7) is 6.26. The second-order valence-electron chi connectivity index (χ2n) is 5.20. The molecule has 0 saturated carbocycles. The Labute approximate surface area is 108 Å². The fourth-order valence-electron chi connectivity index (χ4n) is 2.28. The van der Waals surface area contributed by atoms with Gasteiger partial charge in [-0.2, -0.15) is 0 Å². The zero-order valence-electron chi connectivity index (χ0n) is 11.0. The van der Waals surface area contributed by atoms with Crippen molar-refractivity contribution in [3.05, 3.63) is 29.6 Å². The minimum Gasteiger partial charge on any atom is -0.391 e. The summed E-state index contributed by atoms with van der Waals surface area (Å²) < 4.78 is 13.3. The smallest absolute Gasteiger partial charge is 0.123 e. The van der Waals surface area contributed by atoms with Crippen molar-refractivity contribution in [2.45, 2.75) is 39.0 Å². The molecule has 2 rings (SSSR count). The van der Waals surface area contributed by atoms with Crippen LogP contribution in [0.15, 0.2) is 18.2 Å². The van der Waals surface area contributed by atoms with E-state index in [1.807, 2.05) is 6.07 Å². The number of hydrogen-bond acceptors (Lipinski definition) is 3. The number of nitrogens with zero attached hydrogens (tertiary/aromatic N) is 1. The molecule has 0 amide bonds. The molecule has 1 aromatic carbocycles. The van der Waals surface area contributed by atoms with Crippen LogP contribution in [0.4, 0.5) is 10.1 Å². The topological polar surface area (TPSA) is 35.5 Å². The van der Waals surface area contributed by atoms with E-state index < -0.39 is 0 Å². The Morgan fingerprint density at radius 2 is 2.28 bits per heavy atom. The number of benzene rings is 1. The minimum absolute atomic E-state index is 0.209. The van der Waals surface area contributed by atoms with Gasteiger partial charge >= 0.3 is 0 Å². The summed E-state index contributed by atoms with van der Waals surface area (Å²) in [5.41, 5.74) is 1.99. The average Bonchev–Trinajstić information content (AvgIpc) is 2.73. The zero-order chi connectivity index (χ0) is 13.1. The van der Waals surface area contributed by atoms with Crippen LogP contribution in [0.2, 0.25) is 0 Å². The summed E-state index contributed by atoms with van der Waals surface area (Å²) in [6, 6.07) is 5.24. The van der Waals surface area contributed by atoms with E-state index in [0.29, 0.717) is 19.1 Å². The average molecular weight is 252 g/mol. The number of aliphatic hydroxyl groups is 1. The third kappa shape index (κ3) is 3.21. The molecule has 0 aliphatic carbocycles. The monoisotopic (exact) mass is 252 g/mol. The summed E-state index contributed by atoms with van der Waals surface area (Å²) in [5, 5.41) is 12.9. The fourth-order valence-corrected chi connectivity index (χ4v) is 2.28. The highest BCUT2D eigenvalue weighted by Crippen LogP contribution is 2.25. The normalized spacial score (nSPS) is 19.8. The van der Waals surface area contributed by atoms with E-state index in [0.717, 1.165) is 24.2 Å². The Bertz CT molecular complexity index is 409. The van der Waals surface area contributed by atoms with Crippen molar-refractivity contribution < 1.29 is 9.50 Å². The van der Waals surface area contributed by atoms with Crippen molar-refractivity contribution in [1.82, 2.24) is 5.32 Å². The van der Waals surface area contributed by atoms with E-state index in [4.69, 9.17) is 0 Å². The zero-order valence-corrected chi connectivity index (χ0v) is 11.0. The molecule has 1 atom stereocenters. The predicted molar refractivity (Wildman–Crippen MR) is 71.2 cm³/mol. The first-order valence-corrected chi connectivity index (χ1v) is 6.51. The van der Waals surface area contributed by atoms with Gasteiger partial charge in [-0.1, -0.05) is 13.8 Å². The lowest BCUT2D eigenvalue weighted by Crippen LogP contribution is -2.26. The Kier molecular flexibility index (Phi) is 4.19. The molecule has 1 unspecified atom stereocenters. The van der Waals surface area contributed by atoms with Crippen molar-refractivity contribution in [3.63, 3.8) is 0 Å². The van der Waals surface area contributed by atoms with Crippen molar-refractivity contribution >= 4 is 5.69 Å². The van der Waals surface area contributed by atoms with Gasteiger partial charge in [0.2, 0.25) is 0 Å². The molecule has 0 bridgehead atoms. The SMILES string of the molecule is CC(C)NCc1cc(F)ccc1N1CCC(O)C1. The van der Waals surface area contributed by atoms with Gasteiger partial charge < -0.3 is 15.3 Å². The van der Waals surface area contributed by atoms with Crippen molar-refractivity contribution in [2.75, 3.05) is 18.0 Å². The van der Waals surface area contributed by atoms with Crippen LogP contribution in [0.5, 0.6) is 0 Å². The molecule has 18 heavy (non-hydrogen) atoms. The molecular weight excluding hydrogens is 231 g/mol. The van der Waals surface area contributed by atoms with Crippen LogP contribution in [0.1, 0.15) is 25.8 Å². The van der Waals surface area contributed by atoms with E-state index in [2.05, 4.69) is 24.1 Å². The first kappa shape index (κ1) is 13.3. The lowest BCUT2D eigenvalue weighted by atomic mass is 10.1. The predicted octanol–water partition coefficient (Wildman–Crippen LogP) is 1.89. The summed E-state index contributed by atoms with van der Waals surface area (Å²) >= 11 is 0. The van der Waals surface area contributed by atoms with Crippen LogP contribution in [0.3, 0.4) is 0 Å². The molecule has 2 N–H and O–H groups in total. The van der Waals surface area contributed by atoms with E-state index >= 15 is 0 Å². The van der Waals surface area contributed by atoms with E-state index in [9.17, 15) is 9.50 Å². The maximum Gasteiger partial charge on any atom is 0.123 e. The molecule has 0 spiro atoms. The largest absolute Gasteiger partial charge is 0.391 e. The Morgan fingerprint density at radius 1 is 1.50 bits per heavy atom. The standard InChI is InChI=1S/C14H21FN2O/c1-10(2)16-8-11-7-12(15)3-4-14(11)17-6-5-13(18)9-17/h3-4,7,10,13,16,18H,5-6,8-9H2,1-2H3. The van der Waals surface area contributed by atoms with Crippen LogP contribution in [0, 0.1) is 5.82 Å². The second kappa shape index (κ2) is 5.67. The molecular formula is C14H21FN2O. The van der Waals surface area contributed by atoms with Gasteiger partial charge in [0.05, 0.1) is 6.10 Å². The van der Waals surface area contributed by atoms with Gasteiger partial charge in [-0.15, -0.1) is 0 Å². The third-order valence-corrected chi connectivity index (χ3v) is 3.25. The van der Waals surface area contributed by atoms with Gasteiger partial charge in [-0.3, -0.25) is 0 Å². The number of halogens is 1. The van der Waals surface area contributed by atoms with Gasteiger partial charge in [0, 0.05) is 31.4 Å². The number of anilines is 1. The van der Waals surface area contributed by atoms with Gasteiger partial charge in [0.15, 0.2) is 0 Å². The summed E-state index contributed by atoms with van der Waals surface area (Å²) in [7, 11) is 0. The number of hydrogen-bond donors (Lipinski definition) is 2. The maximum absolute atomic E-state index is 13.3. The summed E-state index contributed by atoms with van der Waals surface area (Å²) in [6.07, 6.45) is 0.523. The molecule has 0 aromatic heterocycles. The van der Waals surface area contributed by atoms with Crippen LogP contribution in [-0.4, -0.2) is 30.3 Å². The molecule has 1 saturated heterocycles. The van der Waals surface area contributed by atoms with Crippen LogP contribution in [-0.2, 0) is 6.54 Å². The molecule has 100 valence electrons. The number of aliphatic hydroxyl groups excluding tert-OH is 1. The summed E-state index contributed by atoms with van der Waals surface area (Å²) in [4.78, 5) is 2.13. The maximum atomic E-state index is 13.3. The third-order valence-electron chi connectivity index (χ3n) is 3.25. The molecule has 1 aromatic rings. The van der Waals surface area contributed by atoms with Gasteiger partial charge in [0.25, 0.3) is 0 Å². The van der Waals surface area contributed by atoms with Crippen molar-refractivity contribution in [2.24, 2.45) is 0 Å². The van der Waals surface area contributed by atoms with Gasteiger partial charge in [-0.25, -0.2) is 4.39 Å². The van der Waals surface area contributed by atoms with Crippen LogP contribution >= 0.6 is 0 Å². The lowest BCUT2D eigenvalue weighted by Gasteiger charge is -2.22. The first-order valence-electron chi connectivity index (χ1n) is 6.51. The van der Waals surface area contributed by atoms with E-state index in [1.54, 1.807) is 6.07 Å². The first-order chi connectivity index (χ1) is 8.56. The Hall–Kier alpha value is -1.13. The van der Waals surface area contributed by atoms with Crippen LogP contribution in [0.25, 0.3) is 0 Å². The number of nitrogens with one attached hydrogen (secondary N) is 1. The second-order valence-corrected chi connectivity index (χ2v) is 5.20. The van der Waals surface area contributed by atoms with Crippen LogP contribution < -0.4 is 10.2 Å². The molecule has 4 heteroatoms. The molecule has 1 aliphatic heterocycles. The minimum atomic E-state index is -0.263. The fraction of sp³-hybridized carbons (Fsp3) is 0.571. The summed E-state index contributed by atoms with van der Waals surface area (Å²) in [5.74, 6) is -0.209. The van der Waals surface area contributed by atoms with Gasteiger partial charge in [-0.05, 0) is 30.2 Å². The lowest BCUT2D eigenvalue weighted by molar-refractivity contribution is 0.198. The van der Waals surface area contributed by atoms with Crippen molar-refractivity contribution in [3.8, 4) is 0 Å². The molecule has 0 radical (unpaired) electrons. The van der Waals surface area contributed by atoms with Gasteiger partial charge in [0.1, 0.15) is 5.82 Å². The molecule has 3 nitrogen and oxygen atoms in total. The molecule has 1 aliphatic rings. The van der Waals surface area contributed by atoms with Crippen molar-refractivity contribution in [1.29, 1.82) is 0 Å². The highest BCUT2D eigenvalue weighted by atomic mass is 19.1. The molecule has 1 heterocycles. The highest BCUT2D eigenvalue weighted by molar-refractivity contribution is 5.54. The quantitative estimate of drug-likeness (QED) is 0.859. The Balaban J connectivity index is 2.17. The number of β-amino-alcohol motifs (C(OH)–C–C–N with tert-alkyl or cyclic N) is 1. The van der Waals surface area contributed by atoms with E-state index in [1.165, 1.54) is 6.07 Å². The highest BCUT2D eigenvalue weighted by Gasteiger charge is 2.22.